The van der Waals surface area contributed by atoms with Crippen molar-refractivity contribution in [1.82, 2.24) is 5.32 Å². The number of rotatable bonds is 5. The maximum atomic E-state index is 3.71. The Balaban J connectivity index is 1.74. The first-order valence-corrected chi connectivity index (χ1v) is 8.80. The van der Waals surface area contributed by atoms with Crippen molar-refractivity contribution in [2.75, 3.05) is 6.54 Å². The molecule has 2 heteroatoms. The maximum Gasteiger partial charge on any atom is 0.0181 e. The van der Waals surface area contributed by atoms with Gasteiger partial charge in [-0.05, 0) is 49.3 Å². The second kappa shape index (κ2) is 6.91. The van der Waals surface area contributed by atoms with Gasteiger partial charge in [-0.15, -0.1) is 0 Å². The van der Waals surface area contributed by atoms with E-state index in [-0.39, 0.29) is 0 Å². The summed E-state index contributed by atoms with van der Waals surface area (Å²) < 4.78 is 1.17. The highest BCUT2D eigenvalue weighted by atomic mass is 79.9. The summed E-state index contributed by atoms with van der Waals surface area (Å²) in [6, 6.07) is 9.46. The average Bonchev–Trinajstić information content (AvgIpc) is 3.29. The predicted octanol–water partition coefficient (Wildman–Crippen LogP) is 5.16. The van der Waals surface area contributed by atoms with E-state index in [2.05, 4.69) is 51.6 Å². The van der Waals surface area contributed by atoms with Gasteiger partial charge in [0.15, 0.2) is 0 Å². The highest BCUT2D eigenvalue weighted by Crippen LogP contribution is 2.31. The second-order valence-electron chi connectivity index (χ2n) is 6.26. The van der Waals surface area contributed by atoms with Crippen molar-refractivity contribution in [3.05, 3.63) is 39.9 Å². The molecule has 2 aliphatic rings. The summed E-state index contributed by atoms with van der Waals surface area (Å²) >= 11 is 3.58. The lowest BCUT2D eigenvalue weighted by atomic mass is 9.83. The zero-order valence-corrected chi connectivity index (χ0v) is 13.7. The van der Waals surface area contributed by atoms with E-state index in [9.17, 15) is 0 Å². The number of halogens is 1. The van der Waals surface area contributed by atoms with Gasteiger partial charge in [0.1, 0.15) is 0 Å². The molecule has 108 valence electrons. The predicted molar refractivity (Wildman–Crippen MR) is 89.7 cm³/mol. The highest BCUT2D eigenvalue weighted by molar-refractivity contribution is 9.10. The third-order valence-electron chi connectivity index (χ3n) is 4.50. The molecular formula is C18H24BrN. The van der Waals surface area contributed by atoms with Crippen LogP contribution in [0.3, 0.4) is 0 Å². The first-order chi connectivity index (χ1) is 9.81. The molecule has 0 bridgehead atoms. The summed E-state index contributed by atoms with van der Waals surface area (Å²) in [5, 5.41) is 3.71. The van der Waals surface area contributed by atoms with E-state index < -0.39 is 0 Å². The van der Waals surface area contributed by atoms with Crippen LogP contribution in [0.5, 0.6) is 0 Å². The van der Waals surface area contributed by atoms with E-state index in [0.717, 1.165) is 18.5 Å². The molecule has 20 heavy (non-hydrogen) atoms. The highest BCUT2D eigenvalue weighted by Gasteiger charge is 2.23. The van der Waals surface area contributed by atoms with Crippen LogP contribution in [0.4, 0.5) is 0 Å². The van der Waals surface area contributed by atoms with Crippen molar-refractivity contribution >= 4 is 22.0 Å². The Hall–Kier alpha value is -0.600. The number of hydrogen-bond donors (Lipinski definition) is 1. The van der Waals surface area contributed by atoms with Gasteiger partial charge in [-0.2, -0.15) is 0 Å². The molecule has 1 nitrogen and oxygen atoms in total. The van der Waals surface area contributed by atoms with E-state index >= 15 is 0 Å². The van der Waals surface area contributed by atoms with Crippen LogP contribution >= 0.6 is 15.9 Å². The van der Waals surface area contributed by atoms with Crippen LogP contribution < -0.4 is 5.32 Å². The molecule has 0 spiro atoms. The quantitative estimate of drug-likeness (QED) is 0.784. The smallest absolute Gasteiger partial charge is 0.0181 e. The lowest BCUT2D eigenvalue weighted by molar-refractivity contribution is 0.396. The first-order valence-electron chi connectivity index (χ1n) is 8.01. The van der Waals surface area contributed by atoms with Crippen molar-refractivity contribution in [3.63, 3.8) is 0 Å². The molecular weight excluding hydrogens is 310 g/mol. The van der Waals surface area contributed by atoms with Gasteiger partial charge in [0, 0.05) is 17.1 Å². The molecule has 0 amide bonds. The zero-order valence-electron chi connectivity index (χ0n) is 12.1. The fourth-order valence-electron chi connectivity index (χ4n) is 3.15. The Labute approximate surface area is 131 Å². The minimum atomic E-state index is 0.796. The minimum absolute atomic E-state index is 0.796. The molecule has 2 fully saturated rings. The summed E-state index contributed by atoms with van der Waals surface area (Å²) in [7, 11) is 0. The monoisotopic (exact) mass is 333 g/mol. The first kappa shape index (κ1) is 14.3. The molecule has 1 aromatic rings. The van der Waals surface area contributed by atoms with Gasteiger partial charge in [0.2, 0.25) is 0 Å². The van der Waals surface area contributed by atoms with Crippen LogP contribution in [-0.4, -0.2) is 12.6 Å². The molecule has 1 N–H and O–H groups in total. The van der Waals surface area contributed by atoms with Gasteiger partial charge in [-0.25, -0.2) is 0 Å². The Morgan fingerprint density at radius 2 is 1.95 bits per heavy atom. The Morgan fingerprint density at radius 1 is 1.15 bits per heavy atom. The summed E-state index contributed by atoms with van der Waals surface area (Å²) in [4.78, 5) is 0. The van der Waals surface area contributed by atoms with Crippen LogP contribution in [0.2, 0.25) is 0 Å². The van der Waals surface area contributed by atoms with E-state index in [1.807, 2.05) is 0 Å². The molecule has 3 rings (SSSR count). The van der Waals surface area contributed by atoms with Gasteiger partial charge in [-0.3, -0.25) is 0 Å². The lowest BCUT2D eigenvalue weighted by Crippen LogP contribution is -2.24. The van der Waals surface area contributed by atoms with Crippen LogP contribution in [0.25, 0.3) is 6.08 Å². The fourth-order valence-corrected chi connectivity index (χ4v) is 3.56. The van der Waals surface area contributed by atoms with Crippen molar-refractivity contribution in [1.29, 1.82) is 0 Å². The summed E-state index contributed by atoms with van der Waals surface area (Å²) in [5.41, 5.74) is 2.95. The normalized spacial score (nSPS) is 21.1. The molecule has 0 heterocycles. The standard InChI is InChI=1S/C18H24BrN/c19-17-8-4-5-14(12-17)11-16(13-20-18-9-10-18)15-6-2-1-3-7-15/h4-5,8,11-12,15,18,20H,1-3,6-7,9-10,13H2/b16-11-. The van der Waals surface area contributed by atoms with Gasteiger partial charge >= 0.3 is 0 Å². The van der Waals surface area contributed by atoms with Gasteiger partial charge in [-0.1, -0.05) is 59.0 Å². The summed E-state index contributed by atoms with van der Waals surface area (Å²) in [6.07, 6.45) is 12.2. The molecule has 0 aromatic heterocycles. The van der Waals surface area contributed by atoms with E-state index in [4.69, 9.17) is 0 Å². The molecule has 0 radical (unpaired) electrons. The molecule has 0 saturated heterocycles. The number of hydrogen-bond acceptors (Lipinski definition) is 1. The lowest BCUT2D eigenvalue weighted by Gasteiger charge is -2.25. The maximum absolute atomic E-state index is 3.71. The molecule has 2 aliphatic carbocycles. The Morgan fingerprint density at radius 3 is 2.65 bits per heavy atom. The van der Waals surface area contributed by atoms with E-state index in [1.54, 1.807) is 5.57 Å². The average molecular weight is 334 g/mol. The molecule has 1 aromatic carbocycles. The topological polar surface area (TPSA) is 12.0 Å². The van der Waals surface area contributed by atoms with Crippen molar-refractivity contribution in [2.24, 2.45) is 5.92 Å². The van der Waals surface area contributed by atoms with Gasteiger partial charge in [0.25, 0.3) is 0 Å². The Kier molecular flexibility index (Phi) is 4.95. The second-order valence-corrected chi connectivity index (χ2v) is 7.18. The van der Waals surface area contributed by atoms with Crippen LogP contribution in [0.15, 0.2) is 34.3 Å². The van der Waals surface area contributed by atoms with Crippen LogP contribution in [-0.2, 0) is 0 Å². The SMILES string of the molecule is Brc1cccc(/C=C(/CNC2CC2)C2CCCCC2)c1. The number of nitrogens with one attached hydrogen (secondary N) is 1. The van der Waals surface area contributed by atoms with E-state index in [0.29, 0.717) is 0 Å². The largest absolute Gasteiger partial charge is 0.310 e. The van der Waals surface area contributed by atoms with Gasteiger partial charge in [0.05, 0.1) is 0 Å². The molecule has 2 saturated carbocycles. The third kappa shape index (κ3) is 4.20. The summed E-state index contributed by atoms with van der Waals surface area (Å²) in [5.74, 6) is 0.800. The zero-order chi connectivity index (χ0) is 13.8. The molecule has 0 aliphatic heterocycles. The fraction of sp³-hybridized carbons (Fsp3) is 0.556. The van der Waals surface area contributed by atoms with Crippen molar-refractivity contribution < 1.29 is 0 Å². The van der Waals surface area contributed by atoms with Crippen molar-refractivity contribution in [3.8, 4) is 0 Å². The summed E-state index contributed by atoms with van der Waals surface area (Å²) in [6.45, 7) is 1.09. The third-order valence-corrected chi connectivity index (χ3v) is 5.00. The van der Waals surface area contributed by atoms with Gasteiger partial charge < -0.3 is 5.32 Å². The minimum Gasteiger partial charge on any atom is -0.310 e. The molecule has 0 atom stereocenters. The Bertz CT molecular complexity index is 470. The van der Waals surface area contributed by atoms with Crippen LogP contribution in [0, 0.1) is 5.92 Å². The van der Waals surface area contributed by atoms with Crippen LogP contribution in [0.1, 0.15) is 50.5 Å². The molecule has 0 unspecified atom stereocenters. The number of benzene rings is 1. The van der Waals surface area contributed by atoms with E-state index in [1.165, 1.54) is 55.0 Å². The van der Waals surface area contributed by atoms with Crippen molar-refractivity contribution in [2.45, 2.75) is 51.0 Å².